The van der Waals surface area contributed by atoms with Gasteiger partial charge in [0, 0.05) is 13.0 Å². The summed E-state index contributed by atoms with van der Waals surface area (Å²) in [6.07, 6.45) is 5.25. The maximum absolute atomic E-state index is 12.5. The van der Waals surface area contributed by atoms with Crippen molar-refractivity contribution in [3.63, 3.8) is 0 Å². The number of rotatable bonds is 14. The van der Waals surface area contributed by atoms with Gasteiger partial charge in [0.25, 0.3) is 0 Å². The topological polar surface area (TPSA) is 35.5 Å². The van der Waals surface area contributed by atoms with Crippen LogP contribution in [-0.4, -0.2) is 35.1 Å². The zero-order chi connectivity index (χ0) is 25.2. The minimum absolute atomic E-state index is 0.0355. The Balaban J connectivity index is 5.00. The molecule has 32 heavy (non-hydrogen) atoms. The first-order chi connectivity index (χ1) is 14.6. The van der Waals surface area contributed by atoms with Crippen LogP contribution >= 0.6 is 0 Å². The number of Topliss-reactive ketones (excluding diaryl/α,β-unsaturated/α-hetero) is 1. The van der Waals surface area contributed by atoms with Crippen LogP contribution in [0.15, 0.2) is 0 Å². The highest BCUT2D eigenvalue weighted by Crippen LogP contribution is 2.43. The zero-order valence-electron chi connectivity index (χ0n) is 23.5. The highest BCUT2D eigenvalue weighted by Gasteiger charge is 2.46. The van der Waals surface area contributed by atoms with E-state index in [0.29, 0.717) is 23.0 Å². The molecule has 0 rings (SSSR count). The Labute approximate surface area is 203 Å². The lowest BCUT2D eigenvalue weighted by molar-refractivity contribution is -0.113. The predicted octanol–water partition coefficient (Wildman–Crippen LogP) is 8.50. The molecule has 0 saturated heterocycles. The van der Waals surface area contributed by atoms with Crippen LogP contribution in [0.4, 0.5) is 0 Å². The van der Waals surface area contributed by atoms with Gasteiger partial charge in [-0.25, -0.2) is 0 Å². The van der Waals surface area contributed by atoms with Gasteiger partial charge in [-0.3, -0.25) is 4.79 Å². The van der Waals surface area contributed by atoms with Crippen LogP contribution in [-0.2, 0) is 13.6 Å². The number of unbranched alkanes of at least 4 members (excludes halogenated alkanes) is 2. The molecule has 0 unspecified atom stereocenters. The largest absolute Gasteiger partial charge is 0.417 e. The third-order valence-electron chi connectivity index (χ3n) is 7.31. The van der Waals surface area contributed by atoms with E-state index in [4.69, 9.17) is 8.85 Å². The maximum Gasteiger partial charge on any atom is 0.205 e. The fraction of sp³-hybridized carbons (Fsp3) is 0.889. The van der Waals surface area contributed by atoms with E-state index in [1.54, 1.807) is 0 Å². The molecule has 0 bridgehead atoms. The molecule has 3 nitrogen and oxygen atoms in total. The fourth-order valence-electron chi connectivity index (χ4n) is 4.36. The summed E-state index contributed by atoms with van der Waals surface area (Å²) < 4.78 is 13.1. The second kappa shape index (κ2) is 14.1. The second-order valence-corrected chi connectivity index (χ2v) is 22.0. The van der Waals surface area contributed by atoms with E-state index in [1.165, 1.54) is 0 Å². The molecule has 188 valence electrons. The molecule has 0 saturated carbocycles. The molecule has 0 spiro atoms. The second-order valence-electron chi connectivity index (χ2n) is 11.8. The normalized spacial score (nSPS) is 14.1. The molecule has 1 atom stereocenters. The van der Waals surface area contributed by atoms with Gasteiger partial charge in [0.2, 0.25) is 14.1 Å². The Morgan fingerprint density at radius 3 is 1.88 bits per heavy atom. The van der Waals surface area contributed by atoms with Crippen molar-refractivity contribution in [1.82, 2.24) is 0 Å². The van der Waals surface area contributed by atoms with E-state index >= 15 is 0 Å². The Morgan fingerprint density at radius 1 is 0.906 bits per heavy atom. The lowest BCUT2D eigenvalue weighted by Gasteiger charge is -2.43. The van der Waals surface area contributed by atoms with Crippen LogP contribution in [0.25, 0.3) is 0 Å². The van der Waals surface area contributed by atoms with Gasteiger partial charge in [0.1, 0.15) is 6.10 Å². The number of hydrogen-bond acceptors (Lipinski definition) is 3. The third-order valence-corrected chi connectivity index (χ3v) is 18.0. The van der Waals surface area contributed by atoms with Gasteiger partial charge >= 0.3 is 0 Å². The molecule has 0 heterocycles. The van der Waals surface area contributed by atoms with Crippen LogP contribution in [0.1, 0.15) is 108 Å². The van der Waals surface area contributed by atoms with E-state index in [-0.39, 0.29) is 16.9 Å². The first-order valence-corrected chi connectivity index (χ1v) is 18.0. The van der Waals surface area contributed by atoms with E-state index in [1.807, 2.05) is 0 Å². The molecular weight excluding hydrogens is 428 g/mol. The van der Waals surface area contributed by atoms with Crippen molar-refractivity contribution in [2.24, 2.45) is 0 Å². The van der Waals surface area contributed by atoms with Gasteiger partial charge in [0.05, 0.1) is 0 Å². The van der Waals surface area contributed by atoms with Crippen LogP contribution in [0.3, 0.4) is 0 Å². The summed E-state index contributed by atoms with van der Waals surface area (Å²) in [4.78, 5) is 12.5. The minimum Gasteiger partial charge on any atom is -0.417 e. The van der Waals surface area contributed by atoms with Crippen molar-refractivity contribution in [3.8, 4) is 11.8 Å². The quantitative estimate of drug-likeness (QED) is 0.108. The van der Waals surface area contributed by atoms with E-state index < -0.39 is 16.6 Å². The molecule has 5 heteroatoms. The van der Waals surface area contributed by atoms with E-state index in [0.717, 1.165) is 38.7 Å². The maximum atomic E-state index is 12.5. The van der Waals surface area contributed by atoms with Crippen molar-refractivity contribution in [1.29, 1.82) is 0 Å². The molecule has 0 aromatic rings. The van der Waals surface area contributed by atoms with Gasteiger partial charge in [-0.05, 0) is 59.9 Å². The fourth-order valence-corrected chi connectivity index (χ4v) is 10.9. The minimum atomic E-state index is -2.01. The first-order valence-electron chi connectivity index (χ1n) is 13.0. The summed E-state index contributed by atoms with van der Waals surface area (Å²) in [5.74, 6) is 6.22. The van der Waals surface area contributed by atoms with E-state index in [9.17, 15) is 4.79 Å². The molecule has 0 radical (unpaired) electrons. The van der Waals surface area contributed by atoms with Crippen molar-refractivity contribution >= 4 is 22.4 Å². The predicted molar refractivity (Wildman–Crippen MR) is 145 cm³/mol. The summed E-state index contributed by atoms with van der Waals surface area (Å²) in [7, 11) is -3.71. The molecule has 0 aromatic heterocycles. The molecule has 0 aliphatic rings. The van der Waals surface area contributed by atoms with Crippen molar-refractivity contribution < 1.29 is 13.6 Å². The Bertz CT molecular complexity index is 585. The van der Waals surface area contributed by atoms with Crippen LogP contribution < -0.4 is 0 Å². The SMILES string of the molecule is CCCC[C@@H](C#CC(=O)CCCCO[Si](C)(C)C(C)(C)C)O[Si](C(C)C)(C(C)C)C(C)C. The average molecular weight is 483 g/mol. The lowest BCUT2D eigenvalue weighted by Crippen LogP contribution is -2.50. The van der Waals surface area contributed by atoms with Gasteiger partial charge in [-0.2, -0.15) is 0 Å². The number of ketones is 1. The average Bonchev–Trinajstić information content (AvgIpc) is 2.65. The monoisotopic (exact) mass is 482 g/mol. The van der Waals surface area contributed by atoms with Gasteiger partial charge < -0.3 is 8.85 Å². The smallest absolute Gasteiger partial charge is 0.205 e. The van der Waals surface area contributed by atoms with Gasteiger partial charge in [-0.15, -0.1) is 0 Å². The zero-order valence-corrected chi connectivity index (χ0v) is 25.5. The Hall–Kier alpha value is -0.416. The van der Waals surface area contributed by atoms with Crippen LogP contribution in [0.2, 0.25) is 34.8 Å². The Kier molecular flexibility index (Phi) is 13.9. The summed E-state index contributed by atoms with van der Waals surface area (Å²) in [6, 6.07) is 0. The lowest BCUT2D eigenvalue weighted by atomic mass is 10.1. The number of hydrogen-bond donors (Lipinski definition) is 0. The Morgan fingerprint density at radius 2 is 1.44 bits per heavy atom. The van der Waals surface area contributed by atoms with E-state index in [2.05, 4.69) is 94.2 Å². The van der Waals surface area contributed by atoms with Gasteiger partial charge in [-0.1, -0.05) is 88.0 Å². The summed E-state index contributed by atoms with van der Waals surface area (Å²) in [5.41, 5.74) is 1.56. The highest BCUT2D eigenvalue weighted by atomic mass is 28.4. The summed E-state index contributed by atoms with van der Waals surface area (Å²) in [5, 5.41) is 0.224. The highest BCUT2D eigenvalue weighted by molar-refractivity contribution is 6.77. The molecular formula is C27H54O3Si2. The van der Waals surface area contributed by atoms with Crippen molar-refractivity contribution in [2.45, 2.75) is 149 Å². The summed E-state index contributed by atoms with van der Waals surface area (Å²) >= 11 is 0. The molecule has 0 N–H and O–H groups in total. The van der Waals surface area contributed by atoms with Crippen molar-refractivity contribution in [3.05, 3.63) is 0 Å². The molecule has 0 amide bonds. The molecule has 0 aromatic carbocycles. The summed E-state index contributed by atoms with van der Waals surface area (Å²) in [6.45, 7) is 28.0. The molecule has 0 aliphatic heterocycles. The molecule has 0 fully saturated rings. The van der Waals surface area contributed by atoms with Crippen LogP contribution in [0, 0.1) is 11.8 Å². The first kappa shape index (κ1) is 31.6. The number of carbonyl (C=O) groups is 1. The molecule has 0 aliphatic carbocycles. The van der Waals surface area contributed by atoms with Crippen LogP contribution in [0.5, 0.6) is 0 Å². The standard InChI is InChI=1S/C27H54O3Si2/c1-13-14-18-26(30-32(22(2)3,23(4)5)24(6)7)20-19-25(28)17-15-16-21-29-31(11,12)27(8,9)10/h22-24,26H,13-18,21H2,1-12H3/t26-/m0/s1. The van der Waals surface area contributed by atoms with Crippen molar-refractivity contribution in [2.75, 3.05) is 6.61 Å². The van der Waals surface area contributed by atoms with Gasteiger partial charge in [0.15, 0.2) is 8.32 Å². The third kappa shape index (κ3) is 9.83. The number of carbonyl (C=O) groups excluding carboxylic acids is 1.